The molecular weight excluding hydrogens is 315 g/mol. The molecule has 0 aromatic rings. The van der Waals surface area contributed by atoms with Gasteiger partial charge in [0.05, 0.1) is 19.6 Å². The van der Waals surface area contributed by atoms with E-state index in [1.54, 1.807) is 0 Å². The molecule has 0 rings (SSSR count). The molecular formula is C7H13IN4O3. The Labute approximate surface area is 101 Å². The maximum Gasteiger partial charge on any atom is 0.239 e. The normalized spacial score (nSPS) is 9.20. The number of nitrogens with one attached hydrogen (secondary N) is 4. The molecule has 0 spiro atoms. The first-order valence-corrected chi connectivity index (χ1v) is 5.25. The van der Waals surface area contributed by atoms with Crippen molar-refractivity contribution in [2.45, 2.75) is 0 Å². The van der Waals surface area contributed by atoms with Crippen molar-refractivity contribution < 1.29 is 14.4 Å². The van der Waals surface area contributed by atoms with Crippen LogP contribution in [0.25, 0.3) is 0 Å². The average Bonchev–Trinajstić information content (AvgIpc) is 2.23. The maximum atomic E-state index is 11.0. The largest absolute Gasteiger partial charge is 0.358 e. The summed E-state index contributed by atoms with van der Waals surface area (Å²) in [5.41, 5.74) is 0. The molecule has 0 radical (unpaired) electrons. The second kappa shape index (κ2) is 8.41. The Morgan fingerprint density at radius 2 is 1.40 bits per heavy atom. The molecule has 0 aliphatic heterocycles. The summed E-state index contributed by atoms with van der Waals surface area (Å²) in [7, 11) is 1.47. The van der Waals surface area contributed by atoms with Gasteiger partial charge in [0.1, 0.15) is 0 Å². The first kappa shape index (κ1) is 14.1. The van der Waals surface area contributed by atoms with E-state index in [2.05, 4.69) is 19.5 Å². The van der Waals surface area contributed by atoms with Crippen molar-refractivity contribution in [3.63, 3.8) is 0 Å². The molecule has 7 nitrogen and oxygen atoms in total. The van der Waals surface area contributed by atoms with Gasteiger partial charge in [-0.3, -0.25) is 17.9 Å². The summed E-state index contributed by atoms with van der Waals surface area (Å²) in [6.07, 6.45) is 0. The van der Waals surface area contributed by atoms with Crippen molar-refractivity contribution in [1.82, 2.24) is 19.5 Å². The summed E-state index contributed by atoms with van der Waals surface area (Å²) in [5, 5.41) is 7.07. The Balaban J connectivity index is 3.57. The second-order valence-electron chi connectivity index (χ2n) is 2.54. The summed E-state index contributed by atoms with van der Waals surface area (Å²) in [4.78, 5) is 32.7. The molecule has 0 aliphatic rings. The highest BCUT2D eigenvalue weighted by Crippen LogP contribution is 1.71. The molecule has 4 N–H and O–H groups in total. The minimum atomic E-state index is -0.402. The number of likely N-dealkylation sites (N-methyl/N-ethyl adjacent to an activating group) is 1. The third-order valence-corrected chi connectivity index (χ3v) is 1.78. The summed E-state index contributed by atoms with van der Waals surface area (Å²) < 4.78 is 2.61. The van der Waals surface area contributed by atoms with Crippen molar-refractivity contribution in [3.05, 3.63) is 0 Å². The lowest BCUT2D eigenvalue weighted by atomic mass is 10.5. The van der Waals surface area contributed by atoms with Crippen LogP contribution in [0.5, 0.6) is 0 Å². The van der Waals surface area contributed by atoms with Gasteiger partial charge < -0.3 is 16.0 Å². The predicted octanol–water partition coefficient (Wildman–Crippen LogP) is -2.10. The molecule has 0 saturated carbocycles. The number of hydrogen-bond acceptors (Lipinski definition) is 4. The van der Waals surface area contributed by atoms with E-state index in [4.69, 9.17) is 0 Å². The van der Waals surface area contributed by atoms with E-state index in [1.165, 1.54) is 7.05 Å². The van der Waals surface area contributed by atoms with E-state index in [9.17, 15) is 14.4 Å². The predicted molar refractivity (Wildman–Crippen MR) is 62.1 cm³/mol. The fourth-order valence-electron chi connectivity index (χ4n) is 0.632. The van der Waals surface area contributed by atoms with Crippen molar-refractivity contribution in [3.8, 4) is 0 Å². The fraction of sp³-hybridized carbons (Fsp3) is 0.571. The summed E-state index contributed by atoms with van der Waals surface area (Å²) in [5.74, 6) is -0.969. The second-order valence-corrected chi connectivity index (χ2v) is 3.30. The van der Waals surface area contributed by atoms with Gasteiger partial charge in [-0.15, -0.1) is 0 Å². The van der Waals surface area contributed by atoms with Crippen molar-refractivity contribution in [2.75, 3.05) is 26.7 Å². The number of rotatable bonds is 6. The Kier molecular flexibility index (Phi) is 7.91. The molecule has 0 saturated heterocycles. The third-order valence-electron chi connectivity index (χ3n) is 1.40. The van der Waals surface area contributed by atoms with E-state index in [0.29, 0.717) is 0 Å². The van der Waals surface area contributed by atoms with Crippen molar-refractivity contribution >= 4 is 40.6 Å². The number of carbonyl (C=O) groups is 3. The summed E-state index contributed by atoms with van der Waals surface area (Å²) in [6.45, 7) is -0.0762. The van der Waals surface area contributed by atoms with Crippen LogP contribution in [-0.2, 0) is 14.4 Å². The number of hydrogen-bond donors (Lipinski definition) is 4. The van der Waals surface area contributed by atoms with E-state index >= 15 is 0 Å². The molecule has 0 aromatic carbocycles. The van der Waals surface area contributed by atoms with Crippen LogP contribution in [0.3, 0.4) is 0 Å². The Morgan fingerprint density at radius 1 is 0.933 bits per heavy atom. The molecule has 0 atom stereocenters. The van der Waals surface area contributed by atoms with Crippen LogP contribution >= 0.6 is 22.9 Å². The van der Waals surface area contributed by atoms with Crippen LogP contribution in [0, 0.1) is 0 Å². The monoisotopic (exact) mass is 328 g/mol. The summed E-state index contributed by atoms with van der Waals surface area (Å²) in [6, 6.07) is 0. The fourth-order valence-corrected chi connectivity index (χ4v) is 0.978. The Hall–Kier alpha value is -0.900. The first-order chi connectivity index (χ1) is 7.10. The SMILES string of the molecule is CNC(=O)CNC(=O)CNC(=O)CNI. The first-order valence-electron chi connectivity index (χ1n) is 4.17. The van der Waals surface area contributed by atoms with Gasteiger partial charge in [-0.25, -0.2) is 0 Å². The molecule has 0 aliphatic carbocycles. The van der Waals surface area contributed by atoms with Gasteiger partial charge in [0.15, 0.2) is 0 Å². The standard InChI is InChI=1S/C7H13IN4O3/c1-9-5(13)2-10-6(14)3-11-7(15)4-12-8/h12H,2-4H2,1H3,(H,9,13)(H,10,14)(H,11,15). The molecule has 86 valence electrons. The van der Waals surface area contributed by atoms with Crippen LogP contribution in [0.2, 0.25) is 0 Å². The molecule has 0 heterocycles. The highest BCUT2D eigenvalue weighted by molar-refractivity contribution is 14.1. The average molecular weight is 328 g/mol. The van der Waals surface area contributed by atoms with Crippen LogP contribution in [-0.4, -0.2) is 44.4 Å². The minimum Gasteiger partial charge on any atom is -0.358 e. The Morgan fingerprint density at radius 3 is 1.87 bits per heavy atom. The number of carbonyl (C=O) groups excluding carboxylic acids is 3. The lowest BCUT2D eigenvalue weighted by Gasteiger charge is -2.05. The van der Waals surface area contributed by atoms with Gasteiger partial charge in [0.2, 0.25) is 17.7 Å². The molecule has 0 bridgehead atoms. The van der Waals surface area contributed by atoms with Crippen molar-refractivity contribution in [1.29, 1.82) is 0 Å². The lowest BCUT2D eigenvalue weighted by Crippen LogP contribution is -2.42. The molecule has 3 amide bonds. The zero-order chi connectivity index (χ0) is 11.7. The topological polar surface area (TPSA) is 99.3 Å². The van der Waals surface area contributed by atoms with E-state index < -0.39 is 5.91 Å². The van der Waals surface area contributed by atoms with Crippen LogP contribution in [0.15, 0.2) is 0 Å². The third kappa shape index (κ3) is 8.12. The van der Waals surface area contributed by atoms with Crippen LogP contribution < -0.4 is 19.5 Å². The lowest BCUT2D eigenvalue weighted by molar-refractivity contribution is -0.127. The Bertz CT molecular complexity index is 246. The number of amides is 3. The number of halogens is 1. The van der Waals surface area contributed by atoms with E-state index in [-0.39, 0.29) is 31.4 Å². The van der Waals surface area contributed by atoms with Gasteiger partial charge in [0.25, 0.3) is 0 Å². The summed E-state index contributed by atoms with van der Waals surface area (Å²) >= 11 is 1.83. The molecule has 15 heavy (non-hydrogen) atoms. The van der Waals surface area contributed by atoms with E-state index in [0.717, 1.165) is 0 Å². The van der Waals surface area contributed by atoms with Crippen LogP contribution in [0.1, 0.15) is 0 Å². The van der Waals surface area contributed by atoms with Crippen LogP contribution in [0.4, 0.5) is 0 Å². The van der Waals surface area contributed by atoms with Gasteiger partial charge in [0, 0.05) is 29.9 Å². The highest BCUT2D eigenvalue weighted by atomic mass is 127. The van der Waals surface area contributed by atoms with Gasteiger partial charge in [-0.05, 0) is 0 Å². The van der Waals surface area contributed by atoms with Gasteiger partial charge in [-0.2, -0.15) is 0 Å². The molecule has 0 fully saturated rings. The molecule has 0 unspecified atom stereocenters. The zero-order valence-electron chi connectivity index (χ0n) is 8.22. The minimum absolute atomic E-state index is 0.0876. The quantitative estimate of drug-likeness (QED) is 0.332. The van der Waals surface area contributed by atoms with Gasteiger partial charge in [-0.1, -0.05) is 0 Å². The smallest absolute Gasteiger partial charge is 0.239 e. The van der Waals surface area contributed by atoms with E-state index in [1.807, 2.05) is 22.9 Å². The zero-order valence-corrected chi connectivity index (χ0v) is 10.4. The molecule has 0 aromatic heterocycles. The maximum absolute atomic E-state index is 11.0. The molecule has 8 heteroatoms. The van der Waals surface area contributed by atoms with Gasteiger partial charge >= 0.3 is 0 Å². The van der Waals surface area contributed by atoms with Crippen molar-refractivity contribution in [2.24, 2.45) is 0 Å². The highest BCUT2D eigenvalue weighted by Gasteiger charge is 2.05.